The molecule has 0 aromatic heterocycles. The average molecular weight is 403 g/mol. The molecule has 8 nitrogen and oxygen atoms in total. The predicted molar refractivity (Wildman–Crippen MR) is 105 cm³/mol. The fourth-order valence-electron chi connectivity index (χ4n) is 3.24. The maximum absolute atomic E-state index is 15.1. The summed E-state index contributed by atoms with van der Waals surface area (Å²) in [5.74, 6) is -0.710. The number of benzene rings is 1. The van der Waals surface area contributed by atoms with Crippen molar-refractivity contribution in [2.75, 3.05) is 18.0 Å². The Morgan fingerprint density at radius 1 is 1.43 bits per heavy atom. The van der Waals surface area contributed by atoms with Crippen LogP contribution in [0.15, 0.2) is 56.6 Å². The molecule has 0 saturated carbocycles. The van der Waals surface area contributed by atoms with E-state index in [1.54, 1.807) is 18.3 Å². The minimum atomic E-state index is -0.971. The highest BCUT2D eigenvalue weighted by atomic mass is 32.2. The third-order valence-electron chi connectivity index (χ3n) is 4.60. The molecule has 0 bridgehead atoms. The van der Waals surface area contributed by atoms with Crippen molar-refractivity contribution in [1.82, 2.24) is 5.32 Å². The first-order valence-electron chi connectivity index (χ1n) is 8.62. The molecular formula is C18H18FN5O3S. The molecule has 0 spiro atoms. The molecule has 4 rings (SSSR count). The lowest BCUT2D eigenvalue weighted by Gasteiger charge is -2.30. The van der Waals surface area contributed by atoms with Crippen LogP contribution < -0.4 is 10.2 Å². The number of cyclic esters (lactones) is 1. The first-order valence-corrected chi connectivity index (χ1v) is 10.1. The van der Waals surface area contributed by atoms with Crippen LogP contribution in [0.5, 0.6) is 0 Å². The standard InChI is InChI=1S/C18H18FN5O3S/c1-12(25)20-9-14-10-24(17(26)27-14)13-4-5-15(16(19)8-13)18(11-21-23-22-18)28-6-2-3-7-28/h2-8,11,14,28H,9-10H2,1H3,(H,20,25)/t14-,18+/m0/s1. The number of nitrogens with zero attached hydrogens (tertiary/aromatic N) is 4. The van der Waals surface area contributed by atoms with Crippen LogP contribution in [-0.2, 0) is 14.4 Å². The summed E-state index contributed by atoms with van der Waals surface area (Å²) in [6.07, 6.45) is 4.29. The molecule has 0 aliphatic carbocycles. The van der Waals surface area contributed by atoms with Gasteiger partial charge in [0.15, 0.2) is 4.87 Å². The van der Waals surface area contributed by atoms with Crippen LogP contribution in [0.4, 0.5) is 14.9 Å². The van der Waals surface area contributed by atoms with Crippen molar-refractivity contribution in [3.05, 3.63) is 52.5 Å². The Hall–Kier alpha value is -3.01. The third kappa shape index (κ3) is 3.19. The van der Waals surface area contributed by atoms with Gasteiger partial charge < -0.3 is 10.1 Å². The SMILES string of the molecule is CC(=O)NC[C@H]1CN(c2ccc([C@]3([SH]4C=CC=C4)C=NN=N3)c(F)c2)C(=O)O1. The number of amides is 2. The quantitative estimate of drug-likeness (QED) is 0.740. The molecule has 3 aliphatic rings. The number of allylic oxidation sites excluding steroid dienone is 2. The number of carbonyl (C=O) groups is 2. The van der Waals surface area contributed by atoms with Gasteiger partial charge in [0, 0.05) is 12.5 Å². The summed E-state index contributed by atoms with van der Waals surface area (Å²) in [5.41, 5.74) is 0.731. The number of hydrogen-bond donors (Lipinski definition) is 2. The summed E-state index contributed by atoms with van der Waals surface area (Å²) >= 11 is 0. The summed E-state index contributed by atoms with van der Waals surface area (Å²) in [7, 11) is -0.926. The van der Waals surface area contributed by atoms with Gasteiger partial charge >= 0.3 is 6.09 Å². The van der Waals surface area contributed by atoms with E-state index in [4.69, 9.17) is 4.74 Å². The van der Waals surface area contributed by atoms with Crippen molar-refractivity contribution in [2.24, 2.45) is 15.4 Å². The molecule has 1 saturated heterocycles. The lowest BCUT2D eigenvalue weighted by Crippen LogP contribution is -2.33. The van der Waals surface area contributed by atoms with Gasteiger partial charge in [-0.3, -0.25) is 9.69 Å². The molecule has 2 amide bonds. The topological polar surface area (TPSA) is 95.7 Å². The molecule has 3 heterocycles. The van der Waals surface area contributed by atoms with Crippen LogP contribution in [0, 0.1) is 5.82 Å². The first-order chi connectivity index (χ1) is 13.5. The predicted octanol–water partition coefficient (Wildman–Crippen LogP) is 2.93. The Kier molecular flexibility index (Phi) is 4.71. The molecule has 1 fully saturated rings. The highest BCUT2D eigenvalue weighted by Crippen LogP contribution is 2.55. The van der Waals surface area contributed by atoms with Crippen LogP contribution in [0.3, 0.4) is 0 Å². The molecule has 10 heteroatoms. The minimum absolute atomic E-state index is 0.209. The first kappa shape index (κ1) is 18.4. The lowest BCUT2D eigenvalue weighted by atomic mass is 10.1. The lowest BCUT2D eigenvalue weighted by molar-refractivity contribution is -0.119. The highest BCUT2D eigenvalue weighted by molar-refractivity contribution is 8.23. The second kappa shape index (κ2) is 7.19. The summed E-state index contributed by atoms with van der Waals surface area (Å²) in [5, 5.41) is 18.3. The van der Waals surface area contributed by atoms with Crippen molar-refractivity contribution < 1.29 is 18.7 Å². The van der Waals surface area contributed by atoms with E-state index in [1.165, 1.54) is 17.9 Å². The van der Waals surface area contributed by atoms with Gasteiger partial charge in [-0.15, -0.1) is 10.2 Å². The van der Waals surface area contributed by atoms with Crippen molar-refractivity contribution >= 4 is 34.8 Å². The van der Waals surface area contributed by atoms with Crippen LogP contribution >= 0.6 is 10.9 Å². The maximum atomic E-state index is 15.1. The summed E-state index contributed by atoms with van der Waals surface area (Å²) in [4.78, 5) is 23.6. The molecule has 2 atom stereocenters. The highest BCUT2D eigenvalue weighted by Gasteiger charge is 2.41. The van der Waals surface area contributed by atoms with Gasteiger partial charge in [0.1, 0.15) is 11.9 Å². The fourth-order valence-corrected chi connectivity index (χ4v) is 5.15. The molecular weight excluding hydrogens is 385 g/mol. The van der Waals surface area contributed by atoms with Crippen LogP contribution in [0.25, 0.3) is 0 Å². The number of ether oxygens (including phenoxy) is 1. The van der Waals surface area contributed by atoms with Crippen molar-refractivity contribution in [3.63, 3.8) is 0 Å². The smallest absolute Gasteiger partial charge is 0.414 e. The second-order valence-corrected chi connectivity index (χ2v) is 8.56. The molecule has 1 aromatic rings. The van der Waals surface area contributed by atoms with Gasteiger partial charge in [-0.2, -0.15) is 10.9 Å². The molecule has 28 heavy (non-hydrogen) atoms. The van der Waals surface area contributed by atoms with Crippen molar-refractivity contribution in [3.8, 4) is 0 Å². The summed E-state index contributed by atoms with van der Waals surface area (Å²) < 4.78 is 20.3. The van der Waals surface area contributed by atoms with Crippen molar-refractivity contribution in [2.45, 2.75) is 17.9 Å². The molecule has 3 aliphatic heterocycles. The summed E-state index contributed by atoms with van der Waals surface area (Å²) in [6.45, 7) is 1.82. The number of hydrogen-bond acceptors (Lipinski definition) is 6. The Bertz CT molecular complexity index is 921. The zero-order chi connectivity index (χ0) is 19.7. The summed E-state index contributed by atoms with van der Waals surface area (Å²) in [6, 6.07) is 4.56. The normalized spacial score (nSPS) is 26.4. The third-order valence-corrected chi connectivity index (χ3v) is 6.82. The number of nitrogens with one attached hydrogen (secondary N) is 1. The van der Waals surface area contributed by atoms with Crippen LogP contribution in [-0.4, -0.2) is 37.4 Å². The van der Waals surface area contributed by atoms with E-state index in [-0.39, 0.29) is 19.0 Å². The number of rotatable bonds is 5. The number of anilines is 1. The van der Waals surface area contributed by atoms with Crippen molar-refractivity contribution in [1.29, 1.82) is 0 Å². The molecule has 146 valence electrons. The Morgan fingerprint density at radius 3 is 2.86 bits per heavy atom. The number of thiol groups is 1. The fraction of sp³-hybridized carbons (Fsp3) is 0.278. The molecule has 0 radical (unpaired) electrons. The van der Waals surface area contributed by atoms with E-state index in [1.807, 2.05) is 23.0 Å². The van der Waals surface area contributed by atoms with E-state index >= 15 is 4.39 Å². The minimum Gasteiger partial charge on any atom is -0.442 e. The molecule has 1 N–H and O–H groups in total. The van der Waals surface area contributed by atoms with E-state index in [0.29, 0.717) is 11.3 Å². The van der Waals surface area contributed by atoms with Gasteiger partial charge in [0.05, 0.1) is 25.0 Å². The Labute approximate surface area is 163 Å². The zero-order valence-electron chi connectivity index (χ0n) is 14.9. The number of halogens is 1. The molecule has 0 unspecified atom stereocenters. The van der Waals surface area contributed by atoms with E-state index in [9.17, 15) is 9.59 Å². The second-order valence-electron chi connectivity index (χ2n) is 6.47. The molecule has 1 aromatic carbocycles. The maximum Gasteiger partial charge on any atom is 0.414 e. The zero-order valence-corrected chi connectivity index (χ0v) is 15.8. The number of carbonyl (C=O) groups excluding carboxylic acids is 2. The van der Waals surface area contributed by atoms with Crippen LogP contribution in [0.2, 0.25) is 0 Å². The monoisotopic (exact) mass is 403 g/mol. The van der Waals surface area contributed by atoms with Gasteiger partial charge in [-0.25, -0.2) is 9.18 Å². The van der Waals surface area contributed by atoms with Gasteiger partial charge in [-0.05, 0) is 28.2 Å². The van der Waals surface area contributed by atoms with E-state index < -0.39 is 33.8 Å². The van der Waals surface area contributed by atoms with Gasteiger partial charge in [0.25, 0.3) is 0 Å². The van der Waals surface area contributed by atoms with Crippen LogP contribution in [0.1, 0.15) is 12.5 Å². The largest absolute Gasteiger partial charge is 0.442 e. The van der Waals surface area contributed by atoms with Gasteiger partial charge in [0.2, 0.25) is 5.91 Å². The van der Waals surface area contributed by atoms with E-state index in [0.717, 1.165) is 0 Å². The average Bonchev–Trinajstić information content (AvgIpc) is 3.41. The van der Waals surface area contributed by atoms with Gasteiger partial charge in [-0.1, -0.05) is 18.2 Å². The Balaban J connectivity index is 1.58. The Morgan fingerprint density at radius 2 is 2.21 bits per heavy atom. The van der Waals surface area contributed by atoms with E-state index in [2.05, 4.69) is 20.8 Å².